The Labute approximate surface area is 121 Å². The zero-order valence-electron chi connectivity index (χ0n) is 12.9. The molecule has 0 bridgehead atoms. The molecule has 6 heteroatoms. The first kappa shape index (κ1) is 18.7. The summed E-state index contributed by atoms with van der Waals surface area (Å²) >= 11 is 0. The summed E-state index contributed by atoms with van der Waals surface area (Å²) in [4.78, 5) is 24.1. The van der Waals surface area contributed by atoms with Crippen LogP contribution in [0.25, 0.3) is 0 Å². The van der Waals surface area contributed by atoms with Crippen molar-refractivity contribution >= 4 is 12.0 Å². The summed E-state index contributed by atoms with van der Waals surface area (Å²) in [7, 11) is 2.03. The first-order valence-corrected chi connectivity index (χ1v) is 7.43. The second-order valence-electron chi connectivity index (χ2n) is 5.18. The molecule has 0 aliphatic heterocycles. The van der Waals surface area contributed by atoms with E-state index in [9.17, 15) is 9.59 Å². The quantitative estimate of drug-likeness (QED) is 0.505. The van der Waals surface area contributed by atoms with Crippen LogP contribution in [0.1, 0.15) is 46.0 Å². The van der Waals surface area contributed by atoms with Crippen LogP contribution in [-0.4, -0.2) is 54.7 Å². The summed E-state index contributed by atoms with van der Waals surface area (Å²) in [5.74, 6) is -1.04. The number of unbranched alkanes of at least 4 members (excludes halogenated alkanes) is 4. The minimum Gasteiger partial charge on any atom is -0.480 e. The number of nitrogens with zero attached hydrogens (tertiary/aromatic N) is 1. The molecule has 0 aromatic carbocycles. The zero-order chi connectivity index (χ0) is 15.4. The first-order valence-electron chi connectivity index (χ1n) is 7.43. The minimum absolute atomic E-state index is 0.434. The summed E-state index contributed by atoms with van der Waals surface area (Å²) in [6.07, 6.45) is 6.27. The maximum Gasteiger partial charge on any atom is 0.325 e. The van der Waals surface area contributed by atoms with E-state index in [1.165, 1.54) is 39.0 Å². The van der Waals surface area contributed by atoms with Gasteiger partial charge in [0.25, 0.3) is 0 Å². The van der Waals surface area contributed by atoms with Crippen LogP contribution in [0.2, 0.25) is 0 Å². The summed E-state index contributed by atoms with van der Waals surface area (Å²) in [5.41, 5.74) is 0. The number of carboxylic acids is 1. The third-order valence-corrected chi connectivity index (χ3v) is 3.14. The number of hydrogen-bond acceptors (Lipinski definition) is 3. The van der Waals surface area contributed by atoms with Crippen LogP contribution < -0.4 is 10.6 Å². The van der Waals surface area contributed by atoms with E-state index in [0.29, 0.717) is 6.54 Å². The largest absolute Gasteiger partial charge is 0.480 e. The van der Waals surface area contributed by atoms with Gasteiger partial charge in [-0.05, 0) is 26.9 Å². The lowest BCUT2D eigenvalue weighted by molar-refractivity contribution is -0.138. The molecule has 0 aromatic rings. The predicted octanol–water partition coefficient (Wildman–Crippen LogP) is 1.66. The number of urea groups is 1. The van der Waals surface area contributed by atoms with Crippen LogP contribution in [0.4, 0.5) is 4.79 Å². The molecule has 3 N–H and O–H groups in total. The first-order chi connectivity index (χ1) is 9.47. The van der Waals surface area contributed by atoms with Gasteiger partial charge in [0.2, 0.25) is 0 Å². The average molecular weight is 287 g/mol. The van der Waals surface area contributed by atoms with E-state index in [-0.39, 0.29) is 0 Å². The maximum absolute atomic E-state index is 11.4. The molecule has 0 saturated carbocycles. The Morgan fingerprint density at radius 1 is 1.15 bits per heavy atom. The molecule has 0 rings (SSSR count). The standard InChI is InChI=1S/C14H29N3O3/c1-4-5-6-7-8-10-17(3)11-9-15-14(20)16-12(2)13(18)19/h12H,4-11H2,1-3H3,(H,18,19)(H2,15,16,20)/t12-/m0/s1. The molecule has 0 fully saturated rings. The number of hydrogen-bond donors (Lipinski definition) is 3. The van der Waals surface area contributed by atoms with Gasteiger partial charge in [0.05, 0.1) is 0 Å². The Bertz CT molecular complexity index is 285. The molecule has 118 valence electrons. The van der Waals surface area contributed by atoms with E-state index in [0.717, 1.165) is 13.1 Å². The lowest BCUT2D eigenvalue weighted by Crippen LogP contribution is -2.46. The van der Waals surface area contributed by atoms with Crippen molar-refractivity contribution in [3.63, 3.8) is 0 Å². The van der Waals surface area contributed by atoms with E-state index in [1.807, 2.05) is 7.05 Å². The van der Waals surface area contributed by atoms with Gasteiger partial charge < -0.3 is 20.6 Å². The van der Waals surface area contributed by atoms with Gasteiger partial charge in [0.1, 0.15) is 6.04 Å². The van der Waals surface area contributed by atoms with Crippen LogP contribution in [-0.2, 0) is 4.79 Å². The van der Waals surface area contributed by atoms with Crippen LogP contribution >= 0.6 is 0 Å². The van der Waals surface area contributed by atoms with E-state index in [4.69, 9.17) is 5.11 Å². The lowest BCUT2D eigenvalue weighted by Gasteiger charge is -2.17. The number of rotatable bonds is 11. The van der Waals surface area contributed by atoms with Crippen LogP contribution in [0.5, 0.6) is 0 Å². The number of carboxylic acid groups (broad SMARTS) is 1. The minimum atomic E-state index is -1.04. The second-order valence-corrected chi connectivity index (χ2v) is 5.18. The Morgan fingerprint density at radius 3 is 2.40 bits per heavy atom. The number of carbonyl (C=O) groups is 2. The van der Waals surface area contributed by atoms with Crippen LogP contribution in [0, 0.1) is 0 Å². The fourth-order valence-corrected chi connectivity index (χ4v) is 1.77. The Hall–Kier alpha value is -1.30. The van der Waals surface area contributed by atoms with Crippen LogP contribution in [0.3, 0.4) is 0 Å². The van der Waals surface area contributed by atoms with E-state index in [2.05, 4.69) is 22.5 Å². The highest BCUT2D eigenvalue weighted by atomic mass is 16.4. The second kappa shape index (κ2) is 11.5. The molecule has 0 aromatic heterocycles. The molecule has 0 unspecified atom stereocenters. The van der Waals surface area contributed by atoms with Crippen molar-refractivity contribution in [1.82, 2.24) is 15.5 Å². The SMILES string of the molecule is CCCCCCCN(C)CCNC(=O)N[C@@H](C)C(=O)O. The van der Waals surface area contributed by atoms with Gasteiger partial charge in [-0.2, -0.15) is 0 Å². The highest BCUT2D eigenvalue weighted by Crippen LogP contribution is 2.02. The molecule has 0 aliphatic rings. The smallest absolute Gasteiger partial charge is 0.325 e. The molecular weight excluding hydrogens is 258 g/mol. The van der Waals surface area contributed by atoms with Crippen molar-refractivity contribution in [3.05, 3.63) is 0 Å². The molecule has 0 spiro atoms. The predicted molar refractivity (Wildman–Crippen MR) is 79.9 cm³/mol. The molecule has 0 aliphatic carbocycles. The van der Waals surface area contributed by atoms with E-state index in [1.54, 1.807) is 0 Å². The Balaban J connectivity index is 3.53. The van der Waals surface area contributed by atoms with Crippen molar-refractivity contribution in [3.8, 4) is 0 Å². The molecule has 0 radical (unpaired) electrons. The van der Waals surface area contributed by atoms with Gasteiger partial charge in [-0.3, -0.25) is 4.79 Å². The average Bonchev–Trinajstić information content (AvgIpc) is 2.38. The third-order valence-electron chi connectivity index (χ3n) is 3.14. The highest BCUT2D eigenvalue weighted by molar-refractivity contribution is 5.82. The van der Waals surface area contributed by atoms with Gasteiger partial charge in [-0.1, -0.05) is 32.6 Å². The van der Waals surface area contributed by atoms with Gasteiger partial charge >= 0.3 is 12.0 Å². The Kier molecular flexibility index (Phi) is 10.8. The number of carbonyl (C=O) groups excluding carboxylic acids is 1. The fraction of sp³-hybridized carbons (Fsp3) is 0.857. The maximum atomic E-state index is 11.4. The fourth-order valence-electron chi connectivity index (χ4n) is 1.77. The van der Waals surface area contributed by atoms with Crippen molar-refractivity contribution in [2.75, 3.05) is 26.7 Å². The van der Waals surface area contributed by atoms with Crippen molar-refractivity contribution < 1.29 is 14.7 Å². The van der Waals surface area contributed by atoms with Crippen LogP contribution in [0.15, 0.2) is 0 Å². The summed E-state index contributed by atoms with van der Waals surface area (Å²) in [6.45, 7) is 5.95. The molecule has 0 heterocycles. The van der Waals surface area contributed by atoms with Crippen molar-refractivity contribution in [1.29, 1.82) is 0 Å². The number of nitrogens with one attached hydrogen (secondary N) is 2. The molecule has 2 amide bonds. The summed E-state index contributed by atoms with van der Waals surface area (Å²) < 4.78 is 0. The highest BCUT2D eigenvalue weighted by Gasteiger charge is 2.13. The normalized spacial score (nSPS) is 12.2. The van der Waals surface area contributed by atoms with Gasteiger partial charge in [0.15, 0.2) is 0 Å². The molecule has 0 saturated heterocycles. The molecule has 20 heavy (non-hydrogen) atoms. The lowest BCUT2D eigenvalue weighted by atomic mass is 10.1. The number of likely N-dealkylation sites (N-methyl/N-ethyl adjacent to an activating group) is 1. The third kappa shape index (κ3) is 10.6. The topological polar surface area (TPSA) is 81.7 Å². The van der Waals surface area contributed by atoms with Gasteiger partial charge in [-0.15, -0.1) is 0 Å². The number of aliphatic carboxylic acids is 1. The van der Waals surface area contributed by atoms with E-state index >= 15 is 0 Å². The monoisotopic (exact) mass is 287 g/mol. The zero-order valence-corrected chi connectivity index (χ0v) is 12.9. The number of amides is 2. The molecule has 6 nitrogen and oxygen atoms in total. The van der Waals surface area contributed by atoms with Gasteiger partial charge in [-0.25, -0.2) is 4.79 Å². The summed E-state index contributed by atoms with van der Waals surface area (Å²) in [6, 6.07) is -1.30. The molecular formula is C14H29N3O3. The van der Waals surface area contributed by atoms with Crippen molar-refractivity contribution in [2.45, 2.75) is 52.0 Å². The van der Waals surface area contributed by atoms with E-state index < -0.39 is 18.0 Å². The summed E-state index contributed by atoms with van der Waals surface area (Å²) in [5, 5.41) is 13.7. The van der Waals surface area contributed by atoms with Crippen molar-refractivity contribution in [2.24, 2.45) is 0 Å². The van der Waals surface area contributed by atoms with Gasteiger partial charge in [0, 0.05) is 13.1 Å². The Morgan fingerprint density at radius 2 is 1.80 bits per heavy atom. The molecule has 1 atom stereocenters.